The number of benzene rings is 1. The molecule has 4 heteroatoms. The smallest absolute Gasteiger partial charge is 0.227 e. The van der Waals surface area contributed by atoms with Crippen molar-refractivity contribution in [3.8, 4) is 5.75 Å². The van der Waals surface area contributed by atoms with E-state index in [1.165, 1.54) is 5.56 Å². The van der Waals surface area contributed by atoms with Gasteiger partial charge in [-0.1, -0.05) is 18.6 Å². The van der Waals surface area contributed by atoms with E-state index in [1.54, 1.807) is 7.11 Å². The quantitative estimate of drug-likeness (QED) is 0.929. The van der Waals surface area contributed by atoms with E-state index in [-0.39, 0.29) is 12.0 Å². The van der Waals surface area contributed by atoms with Gasteiger partial charge in [0.15, 0.2) is 0 Å². The fraction of sp³-hybridized carbons (Fsp3) is 0.632. The Bertz CT molecular complexity index is 521. The standard InChI is InChI=1S/C19H28N2O2/c1-23-16-7-5-14(6-8-16)13-15-9-11-21(12-10-15)19(22)17-3-2-4-18(17)20/h5-8,15,17-18H,2-4,9-13,20H2,1H3/t17-,18-/m1/s1. The van der Waals surface area contributed by atoms with Gasteiger partial charge in [-0.15, -0.1) is 0 Å². The molecule has 1 aromatic rings. The Morgan fingerprint density at radius 1 is 1.17 bits per heavy atom. The van der Waals surface area contributed by atoms with Crippen molar-refractivity contribution in [1.29, 1.82) is 0 Å². The number of nitrogens with zero attached hydrogens (tertiary/aromatic N) is 1. The average molecular weight is 316 g/mol. The van der Waals surface area contributed by atoms with Crippen LogP contribution in [0.2, 0.25) is 0 Å². The maximum atomic E-state index is 12.6. The van der Waals surface area contributed by atoms with E-state index >= 15 is 0 Å². The molecule has 1 saturated carbocycles. The summed E-state index contributed by atoms with van der Waals surface area (Å²) in [7, 11) is 1.69. The van der Waals surface area contributed by atoms with E-state index in [4.69, 9.17) is 10.5 Å². The van der Waals surface area contributed by atoms with Crippen molar-refractivity contribution in [2.75, 3.05) is 20.2 Å². The van der Waals surface area contributed by atoms with Gasteiger partial charge in [-0.25, -0.2) is 0 Å². The highest BCUT2D eigenvalue weighted by Crippen LogP contribution is 2.29. The molecule has 0 aromatic heterocycles. The Hall–Kier alpha value is -1.55. The number of nitrogens with two attached hydrogens (primary N) is 1. The van der Waals surface area contributed by atoms with Gasteiger partial charge in [0.1, 0.15) is 5.75 Å². The molecule has 0 bridgehead atoms. The second kappa shape index (κ2) is 7.35. The summed E-state index contributed by atoms with van der Waals surface area (Å²) in [4.78, 5) is 14.6. The van der Waals surface area contributed by atoms with Gasteiger partial charge >= 0.3 is 0 Å². The largest absolute Gasteiger partial charge is 0.497 e. The van der Waals surface area contributed by atoms with Crippen LogP contribution in [0.3, 0.4) is 0 Å². The molecule has 0 spiro atoms. The first-order valence-electron chi connectivity index (χ1n) is 8.84. The molecule has 4 nitrogen and oxygen atoms in total. The third-order valence-electron chi connectivity index (χ3n) is 5.50. The van der Waals surface area contributed by atoms with Crippen LogP contribution in [0, 0.1) is 11.8 Å². The molecule has 0 radical (unpaired) electrons. The number of methoxy groups -OCH3 is 1. The van der Waals surface area contributed by atoms with Gasteiger partial charge in [-0.3, -0.25) is 4.79 Å². The summed E-state index contributed by atoms with van der Waals surface area (Å²) in [6.07, 6.45) is 6.37. The molecule has 126 valence electrons. The van der Waals surface area contributed by atoms with Crippen molar-refractivity contribution < 1.29 is 9.53 Å². The maximum Gasteiger partial charge on any atom is 0.227 e. The number of rotatable bonds is 4. The Labute approximate surface area is 139 Å². The minimum atomic E-state index is 0.0770. The first-order chi connectivity index (χ1) is 11.2. The van der Waals surface area contributed by atoms with Crippen molar-refractivity contribution in [3.63, 3.8) is 0 Å². The molecule has 2 atom stereocenters. The number of hydrogen-bond donors (Lipinski definition) is 1. The van der Waals surface area contributed by atoms with E-state index in [0.717, 1.165) is 57.4 Å². The summed E-state index contributed by atoms with van der Waals surface area (Å²) in [5, 5.41) is 0. The van der Waals surface area contributed by atoms with Crippen molar-refractivity contribution >= 4 is 5.91 Å². The monoisotopic (exact) mass is 316 g/mol. The van der Waals surface area contributed by atoms with Crippen molar-refractivity contribution in [3.05, 3.63) is 29.8 Å². The van der Waals surface area contributed by atoms with Crippen LogP contribution in [0.4, 0.5) is 0 Å². The number of ether oxygens (including phenoxy) is 1. The van der Waals surface area contributed by atoms with Gasteiger partial charge in [-0.05, 0) is 55.7 Å². The fourth-order valence-electron chi connectivity index (χ4n) is 3.98. The Balaban J connectivity index is 1.49. The van der Waals surface area contributed by atoms with Crippen LogP contribution >= 0.6 is 0 Å². The lowest BCUT2D eigenvalue weighted by Gasteiger charge is -2.34. The van der Waals surface area contributed by atoms with Crippen LogP contribution in [0.25, 0.3) is 0 Å². The predicted octanol–water partition coefficient (Wildman–Crippen LogP) is 2.60. The lowest BCUT2D eigenvalue weighted by molar-refractivity contribution is -0.137. The fourth-order valence-corrected chi connectivity index (χ4v) is 3.98. The molecule has 2 aliphatic rings. The van der Waals surface area contributed by atoms with Gasteiger partial charge in [0.05, 0.1) is 13.0 Å². The number of piperidine rings is 1. The summed E-state index contributed by atoms with van der Waals surface area (Å²) in [5.41, 5.74) is 7.44. The first-order valence-corrected chi connectivity index (χ1v) is 8.84. The number of carbonyl (C=O) groups is 1. The van der Waals surface area contributed by atoms with Gasteiger partial charge in [0.25, 0.3) is 0 Å². The third kappa shape index (κ3) is 3.86. The van der Waals surface area contributed by atoms with Crippen LogP contribution in [0.15, 0.2) is 24.3 Å². The highest BCUT2D eigenvalue weighted by Gasteiger charge is 2.34. The zero-order chi connectivity index (χ0) is 16.2. The molecule has 1 aliphatic heterocycles. The zero-order valence-electron chi connectivity index (χ0n) is 14.0. The first kappa shape index (κ1) is 16.3. The molecule has 1 aromatic carbocycles. The van der Waals surface area contributed by atoms with Crippen LogP contribution < -0.4 is 10.5 Å². The molecule has 23 heavy (non-hydrogen) atoms. The van der Waals surface area contributed by atoms with Gasteiger partial charge < -0.3 is 15.4 Å². The lowest BCUT2D eigenvalue weighted by atomic mass is 9.89. The number of amides is 1. The van der Waals surface area contributed by atoms with Gasteiger partial charge in [0, 0.05) is 19.1 Å². The van der Waals surface area contributed by atoms with Crippen LogP contribution in [0.5, 0.6) is 5.75 Å². The summed E-state index contributed by atoms with van der Waals surface area (Å²) in [6, 6.07) is 8.42. The number of hydrogen-bond acceptors (Lipinski definition) is 3. The second-order valence-corrected chi connectivity index (χ2v) is 7.02. The van der Waals surface area contributed by atoms with E-state index in [1.807, 2.05) is 12.1 Å². The Morgan fingerprint density at radius 2 is 1.87 bits per heavy atom. The summed E-state index contributed by atoms with van der Waals surface area (Å²) in [5.74, 6) is 1.96. The van der Waals surface area contributed by atoms with E-state index in [9.17, 15) is 4.79 Å². The molecular weight excluding hydrogens is 288 g/mol. The highest BCUT2D eigenvalue weighted by atomic mass is 16.5. The topological polar surface area (TPSA) is 55.6 Å². The van der Waals surface area contributed by atoms with Crippen molar-refractivity contribution in [2.45, 2.75) is 44.6 Å². The SMILES string of the molecule is COc1ccc(CC2CCN(C(=O)[C@@H]3CCC[C@H]3N)CC2)cc1. The molecular formula is C19H28N2O2. The lowest BCUT2D eigenvalue weighted by Crippen LogP contribution is -2.45. The molecule has 1 heterocycles. The van der Waals surface area contributed by atoms with Crippen molar-refractivity contribution in [2.24, 2.45) is 17.6 Å². The van der Waals surface area contributed by atoms with E-state index in [0.29, 0.717) is 11.8 Å². The van der Waals surface area contributed by atoms with E-state index in [2.05, 4.69) is 17.0 Å². The van der Waals surface area contributed by atoms with Gasteiger partial charge in [0.2, 0.25) is 5.91 Å². The van der Waals surface area contributed by atoms with E-state index < -0.39 is 0 Å². The van der Waals surface area contributed by atoms with Crippen LogP contribution in [-0.2, 0) is 11.2 Å². The third-order valence-corrected chi connectivity index (χ3v) is 5.50. The minimum absolute atomic E-state index is 0.0770. The molecule has 1 aliphatic carbocycles. The minimum Gasteiger partial charge on any atom is -0.497 e. The molecule has 2 N–H and O–H groups in total. The number of carbonyl (C=O) groups excluding carboxylic acids is 1. The Kier molecular flexibility index (Phi) is 5.21. The Morgan fingerprint density at radius 3 is 2.43 bits per heavy atom. The molecule has 2 fully saturated rings. The molecule has 3 rings (SSSR count). The number of likely N-dealkylation sites (tertiary alicyclic amines) is 1. The maximum absolute atomic E-state index is 12.6. The summed E-state index contributed by atoms with van der Waals surface area (Å²) >= 11 is 0. The normalized spacial score (nSPS) is 25.6. The zero-order valence-corrected chi connectivity index (χ0v) is 14.0. The molecule has 0 unspecified atom stereocenters. The second-order valence-electron chi connectivity index (χ2n) is 7.02. The van der Waals surface area contributed by atoms with Crippen molar-refractivity contribution in [1.82, 2.24) is 4.90 Å². The molecule has 1 saturated heterocycles. The highest BCUT2D eigenvalue weighted by molar-refractivity contribution is 5.80. The van der Waals surface area contributed by atoms with Crippen LogP contribution in [0.1, 0.15) is 37.7 Å². The summed E-state index contributed by atoms with van der Waals surface area (Å²) < 4.78 is 5.20. The van der Waals surface area contributed by atoms with Gasteiger partial charge in [-0.2, -0.15) is 0 Å². The molecule has 1 amide bonds. The predicted molar refractivity (Wildman–Crippen MR) is 91.3 cm³/mol. The average Bonchev–Trinajstić information content (AvgIpc) is 3.02. The summed E-state index contributed by atoms with van der Waals surface area (Å²) in [6.45, 7) is 1.78. The van der Waals surface area contributed by atoms with Crippen LogP contribution in [-0.4, -0.2) is 37.0 Å².